The molecule has 0 saturated heterocycles. The third-order valence-electron chi connectivity index (χ3n) is 5.05. The Bertz CT molecular complexity index is 1420. The number of aromatic nitrogens is 2. The van der Waals surface area contributed by atoms with Crippen molar-refractivity contribution in [2.24, 2.45) is 0 Å². The molecule has 1 aromatic heterocycles. The van der Waals surface area contributed by atoms with Gasteiger partial charge in [-0.25, -0.2) is 0 Å². The fraction of sp³-hybridized carbons (Fsp3) is 0.0800. The molecule has 180 valence electrons. The molecule has 0 aliphatic rings. The molecule has 2 N–H and O–H groups in total. The Morgan fingerprint density at radius 3 is 2.28 bits per heavy atom. The zero-order chi connectivity index (χ0) is 25.5. The highest BCUT2D eigenvalue weighted by Crippen LogP contribution is 2.23. The molecule has 0 radical (unpaired) electrons. The van der Waals surface area contributed by atoms with Crippen molar-refractivity contribution in [3.8, 4) is 11.5 Å². The Morgan fingerprint density at radius 1 is 0.833 bits per heavy atom. The number of nitro groups is 1. The molecule has 0 unspecified atom stereocenters. The first-order valence-corrected chi connectivity index (χ1v) is 10.8. The van der Waals surface area contributed by atoms with Crippen LogP contribution in [0.2, 0.25) is 0 Å². The maximum atomic E-state index is 12.6. The van der Waals surface area contributed by atoms with Crippen LogP contribution in [0.5, 0.6) is 0 Å². The van der Waals surface area contributed by atoms with Crippen LogP contribution in [0.4, 0.5) is 17.4 Å². The van der Waals surface area contributed by atoms with E-state index < -0.39 is 10.8 Å². The van der Waals surface area contributed by atoms with Gasteiger partial charge in [0.2, 0.25) is 11.8 Å². The van der Waals surface area contributed by atoms with Crippen molar-refractivity contribution in [1.29, 1.82) is 0 Å². The van der Waals surface area contributed by atoms with E-state index in [-0.39, 0.29) is 47.7 Å². The number of hydrogen-bond acceptors (Lipinski definition) is 8. The lowest BCUT2D eigenvalue weighted by Crippen LogP contribution is -2.15. The summed E-state index contributed by atoms with van der Waals surface area (Å²) >= 11 is 0. The van der Waals surface area contributed by atoms with E-state index in [0.717, 1.165) is 0 Å². The number of hydrogen-bond donors (Lipinski definition) is 2. The molecule has 3 aromatic carbocycles. The molecule has 0 spiro atoms. The van der Waals surface area contributed by atoms with E-state index in [9.17, 15) is 24.5 Å². The van der Waals surface area contributed by atoms with Crippen LogP contribution in [0, 0.1) is 10.1 Å². The molecule has 0 fully saturated rings. The lowest BCUT2D eigenvalue weighted by atomic mass is 10.1. The average molecular weight is 485 g/mol. The fourth-order valence-corrected chi connectivity index (χ4v) is 3.24. The number of nitrogens with zero attached hydrogens (tertiary/aromatic N) is 3. The van der Waals surface area contributed by atoms with Crippen molar-refractivity contribution < 1.29 is 23.7 Å². The molecule has 0 aliphatic carbocycles. The van der Waals surface area contributed by atoms with E-state index in [2.05, 4.69) is 20.8 Å². The smallest absolute Gasteiger partial charge is 0.322 e. The summed E-state index contributed by atoms with van der Waals surface area (Å²) < 4.78 is 5.42. The maximum Gasteiger partial charge on any atom is 0.322 e. The molecule has 36 heavy (non-hydrogen) atoms. The normalized spacial score (nSPS) is 10.4. The van der Waals surface area contributed by atoms with Gasteiger partial charge in [0.25, 0.3) is 11.6 Å². The number of rotatable bonds is 9. The van der Waals surface area contributed by atoms with Crippen LogP contribution in [-0.4, -0.2) is 32.7 Å². The number of ketones is 1. The minimum atomic E-state index is -0.552. The van der Waals surface area contributed by atoms with Gasteiger partial charge in [0.1, 0.15) is 0 Å². The van der Waals surface area contributed by atoms with Crippen molar-refractivity contribution in [2.45, 2.75) is 12.8 Å². The summed E-state index contributed by atoms with van der Waals surface area (Å²) in [7, 11) is 0. The van der Waals surface area contributed by atoms with E-state index in [0.29, 0.717) is 16.8 Å². The van der Waals surface area contributed by atoms with Gasteiger partial charge in [-0.05, 0) is 30.3 Å². The zero-order valence-corrected chi connectivity index (χ0v) is 18.7. The second-order valence-electron chi connectivity index (χ2n) is 7.59. The van der Waals surface area contributed by atoms with E-state index in [1.165, 1.54) is 36.4 Å². The number of anilines is 2. The Kier molecular flexibility index (Phi) is 7.20. The summed E-state index contributed by atoms with van der Waals surface area (Å²) in [5.41, 5.74) is 1.52. The Hall–Kier alpha value is -5.19. The number of amides is 2. The van der Waals surface area contributed by atoms with Gasteiger partial charge in [-0.15, -0.1) is 5.10 Å². The van der Waals surface area contributed by atoms with Crippen LogP contribution in [0.15, 0.2) is 83.3 Å². The molecule has 0 aliphatic heterocycles. The van der Waals surface area contributed by atoms with Crippen molar-refractivity contribution in [2.75, 3.05) is 10.6 Å². The summed E-state index contributed by atoms with van der Waals surface area (Å²) in [4.78, 5) is 47.3. The van der Waals surface area contributed by atoms with Gasteiger partial charge in [-0.2, -0.15) is 0 Å². The molecule has 4 rings (SSSR count). The molecular formula is C25H19N5O6. The van der Waals surface area contributed by atoms with Crippen LogP contribution in [-0.2, 0) is 4.79 Å². The van der Waals surface area contributed by atoms with E-state index in [4.69, 9.17) is 4.42 Å². The van der Waals surface area contributed by atoms with Crippen molar-refractivity contribution in [3.05, 3.63) is 100 Å². The largest absolute Gasteiger partial charge is 0.403 e. The van der Waals surface area contributed by atoms with Gasteiger partial charge in [0, 0.05) is 47.4 Å². The first-order chi connectivity index (χ1) is 17.4. The van der Waals surface area contributed by atoms with Crippen LogP contribution >= 0.6 is 0 Å². The minimum absolute atomic E-state index is 0.00242. The predicted molar refractivity (Wildman–Crippen MR) is 129 cm³/mol. The molecule has 4 aromatic rings. The van der Waals surface area contributed by atoms with Crippen LogP contribution in [0.25, 0.3) is 11.5 Å². The van der Waals surface area contributed by atoms with E-state index in [1.54, 1.807) is 36.4 Å². The van der Waals surface area contributed by atoms with Gasteiger partial charge < -0.3 is 9.73 Å². The standard InChI is InChI=1S/C25H19N5O6/c31-21(16-5-2-1-3-6-16)13-14-22(32)26-19-8-4-7-18(15-19)23(33)27-25-29-28-24(36-25)17-9-11-20(12-10-17)30(34)35/h1-12,15H,13-14H2,(H,26,32)(H,27,29,33). The Balaban J connectivity index is 1.34. The molecular weight excluding hydrogens is 466 g/mol. The van der Waals surface area contributed by atoms with Gasteiger partial charge in [0.15, 0.2) is 5.78 Å². The highest BCUT2D eigenvalue weighted by Gasteiger charge is 2.15. The quantitative estimate of drug-likeness (QED) is 0.199. The number of carbonyl (C=O) groups excluding carboxylic acids is 3. The first kappa shape index (κ1) is 24.0. The van der Waals surface area contributed by atoms with Crippen LogP contribution in [0.1, 0.15) is 33.6 Å². The number of nitro benzene ring substituents is 1. The van der Waals surface area contributed by atoms with Gasteiger partial charge in [-0.1, -0.05) is 41.5 Å². The van der Waals surface area contributed by atoms with Crippen LogP contribution < -0.4 is 10.6 Å². The predicted octanol–water partition coefficient (Wildman–Crippen LogP) is 4.50. The Morgan fingerprint density at radius 2 is 1.56 bits per heavy atom. The van der Waals surface area contributed by atoms with Crippen molar-refractivity contribution in [1.82, 2.24) is 10.2 Å². The fourth-order valence-electron chi connectivity index (χ4n) is 3.24. The zero-order valence-electron chi connectivity index (χ0n) is 18.7. The molecule has 0 saturated carbocycles. The second kappa shape index (κ2) is 10.8. The summed E-state index contributed by atoms with van der Waals surface area (Å²) in [6.07, 6.45) is 0.0574. The maximum absolute atomic E-state index is 12.6. The van der Waals surface area contributed by atoms with Gasteiger partial charge >= 0.3 is 6.01 Å². The van der Waals surface area contributed by atoms with E-state index >= 15 is 0 Å². The number of carbonyl (C=O) groups is 3. The molecule has 11 nitrogen and oxygen atoms in total. The summed E-state index contributed by atoms with van der Waals surface area (Å²) in [6, 6.07) is 20.3. The lowest BCUT2D eigenvalue weighted by molar-refractivity contribution is -0.384. The summed E-state index contributed by atoms with van der Waals surface area (Å²) in [5.74, 6) is -0.969. The van der Waals surface area contributed by atoms with Crippen LogP contribution in [0.3, 0.4) is 0 Å². The van der Waals surface area contributed by atoms with E-state index in [1.807, 2.05) is 6.07 Å². The lowest BCUT2D eigenvalue weighted by Gasteiger charge is -2.07. The SMILES string of the molecule is O=C(CCC(=O)c1ccccc1)Nc1cccc(C(=O)Nc2nnc(-c3ccc([N+](=O)[O-])cc3)o2)c1. The molecule has 1 heterocycles. The van der Waals surface area contributed by atoms with Crippen molar-refractivity contribution in [3.63, 3.8) is 0 Å². The monoisotopic (exact) mass is 485 g/mol. The summed E-state index contributed by atoms with van der Waals surface area (Å²) in [5, 5.41) is 23.5. The topological polar surface area (TPSA) is 157 Å². The highest BCUT2D eigenvalue weighted by atomic mass is 16.6. The summed E-state index contributed by atoms with van der Waals surface area (Å²) in [6.45, 7) is 0. The molecule has 0 atom stereocenters. The second-order valence-corrected chi connectivity index (χ2v) is 7.59. The van der Waals surface area contributed by atoms with Gasteiger partial charge in [-0.3, -0.25) is 29.8 Å². The number of benzene rings is 3. The molecule has 11 heteroatoms. The third kappa shape index (κ3) is 6.03. The number of nitrogens with one attached hydrogen (secondary N) is 2. The highest BCUT2D eigenvalue weighted by molar-refractivity contribution is 6.04. The minimum Gasteiger partial charge on any atom is -0.403 e. The van der Waals surface area contributed by atoms with Crippen molar-refractivity contribution >= 4 is 35.0 Å². The third-order valence-corrected chi connectivity index (χ3v) is 5.05. The number of Topliss-reactive ketones (excluding diaryl/α,β-unsaturated/α-hetero) is 1. The first-order valence-electron chi connectivity index (χ1n) is 10.8. The average Bonchev–Trinajstić information content (AvgIpc) is 3.36. The number of non-ortho nitro benzene ring substituents is 1. The Labute approximate surface area is 204 Å². The van der Waals surface area contributed by atoms with Gasteiger partial charge in [0.05, 0.1) is 4.92 Å². The molecule has 0 bridgehead atoms. The molecule has 2 amide bonds.